The third-order valence-electron chi connectivity index (χ3n) is 7.60. The molecule has 2 aliphatic rings. The molecule has 1 amide bonds. The van der Waals surface area contributed by atoms with Crippen LogP contribution in [-0.4, -0.2) is 37.4 Å². The number of hydrogen-bond acceptors (Lipinski definition) is 5. The highest BCUT2D eigenvalue weighted by molar-refractivity contribution is 9.10. The lowest BCUT2D eigenvalue weighted by molar-refractivity contribution is -0.141. The SMILES string of the molecule is O=C(C(O)c1cccc(Br)c1)N1CCCc2nc(C3(c4cncc(-c5ccccc5)c4)CC3)[nH]c(=O)c2C1. The van der Waals surface area contributed by atoms with E-state index in [1.165, 1.54) is 0 Å². The molecule has 7 nitrogen and oxygen atoms in total. The Morgan fingerprint density at radius 3 is 2.63 bits per heavy atom. The van der Waals surface area contributed by atoms with E-state index in [1.54, 1.807) is 23.1 Å². The minimum absolute atomic E-state index is 0.125. The Balaban J connectivity index is 1.29. The summed E-state index contributed by atoms with van der Waals surface area (Å²) in [6, 6.07) is 19.3. The summed E-state index contributed by atoms with van der Waals surface area (Å²) < 4.78 is 0.787. The van der Waals surface area contributed by atoms with Crippen LogP contribution in [0.15, 0.2) is 82.3 Å². The number of halogens is 1. The van der Waals surface area contributed by atoms with E-state index in [2.05, 4.69) is 44.1 Å². The van der Waals surface area contributed by atoms with Gasteiger partial charge in [-0.05, 0) is 60.6 Å². The van der Waals surface area contributed by atoms with E-state index in [9.17, 15) is 14.7 Å². The number of aliphatic hydroxyl groups is 1. The summed E-state index contributed by atoms with van der Waals surface area (Å²) in [6.45, 7) is 0.573. The highest BCUT2D eigenvalue weighted by atomic mass is 79.9. The molecule has 1 saturated carbocycles. The number of carbonyl (C=O) groups excluding carboxylic acids is 1. The lowest BCUT2D eigenvalue weighted by Crippen LogP contribution is -2.36. The summed E-state index contributed by atoms with van der Waals surface area (Å²) in [4.78, 5) is 40.6. The molecule has 0 spiro atoms. The zero-order chi connectivity index (χ0) is 26.3. The standard InChI is InChI=1S/C30H27BrN4O3/c31-23-9-4-8-20(15-23)26(36)28(38)35-13-5-10-25-24(18-35)27(37)34-29(33-25)30(11-12-30)22-14-21(16-32-17-22)19-6-2-1-3-7-19/h1-4,6-9,14-17,26,36H,5,10-13,18H2,(H,33,34,37). The molecule has 2 aromatic heterocycles. The molecule has 2 aromatic carbocycles. The first kappa shape index (κ1) is 24.7. The van der Waals surface area contributed by atoms with E-state index < -0.39 is 12.0 Å². The highest BCUT2D eigenvalue weighted by Crippen LogP contribution is 2.52. The number of benzene rings is 2. The summed E-state index contributed by atoms with van der Waals surface area (Å²) in [5.41, 5.74) is 4.33. The Morgan fingerprint density at radius 1 is 1.05 bits per heavy atom. The normalized spacial score (nSPS) is 16.8. The molecule has 1 aliphatic heterocycles. The van der Waals surface area contributed by atoms with Crippen LogP contribution in [0, 0.1) is 0 Å². The molecule has 1 atom stereocenters. The Bertz CT molecular complexity index is 1570. The number of fused-ring (bicyclic) bond motifs is 1. The predicted octanol–water partition coefficient (Wildman–Crippen LogP) is 4.68. The lowest BCUT2D eigenvalue weighted by Gasteiger charge is -2.24. The fourth-order valence-corrected chi connectivity index (χ4v) is 5.72. The number of H-pyrrole nitrogens is 1. The van der Waals surface area contributed by atoms with Crippen LogP contribution < -0.4 is 5.56 Å². The summed E-state index contributed by atoms with van der Waals surface area (Å²) in [6.07, 6.45) is 5.47. The van der Waals surface area contributed by atoms with Crippen LogP contribution in [0.5, 0.6) is 0 Å². The van der Waals surface area contributed by atoms with Crippen molar-refractivity contribution in [1.82, 2.24) is 19.9 Å². The Morgan fingerprint density at radius 2 is 1.87 bits per heavy atom. The van der Waals surface area contributed by atoms with Gasteiger partial charge >= 0.3 is 0 Å². The quantitative estimate of drug-likeness (QED) is 0.363. The van der Waals surface area contributed by atoms with Crippen molar-refractivity contribution >= 4 is 21.8 Å². The van der Waals surface area contributed by atoms with Gasteiger partial charge in [0.25, 0.3) is 11.5 Å². The number of aromatic amines is 1. The number of aromatic nitrogens is 3. The number of nitrogens with zero attached hydrogens (tertiary/aromatic N) is 3. The van der Waals surface area contributed by atoms with Gasteiger partial charge in [-0.1, -0.05) is 58.4 Å². The van der Waals surface area contributed by atoms with Gasteiger partial charge in [0.1, 0.15) is 5.82 Å². The predicted molar refractivity (Wildman–Crippen MR) is 147 cm³/mol. The van der Waals surface area contributed by atoms with Crippen LogP contribution in [-0.2, 0) is 23.2 Å². The number of amides is 1. The number of nitrogens with one attached hydrogen (secondary N) is 1. The summed E-state index contributed by atoms with van der Waals surface area (Å²) in [7, 11) is 0. The summed E-state index contributed by atoms with van der Waals surface area (Å²) in [5, 5.41) is 10.7. The van der Waals surface area contributed by atoms with E-state index in [0.29, 0.717) is 36.3 Å². The average molecular weight is 571 g/mol. The summed E-state index contributed by atoms with van der Waals surface area (Å²) >= 11 is 3.39. The second kappa shape index (κ2) is 9.93. The van der Waals surface area contributed by atoms with Gasteiger partial charge in [-0.25, -0.2) is 4.98 Å². The fraction of sp³-hybridized carbons (Fsp3) is 0.267. The maximum absolute atomic E-state index is 13.4. The van der Waals surface area contributed by atoms with Gasteiger partial charge in [0.05, 0.1) is 23.2 Å². The monoisotopic (exact) mass is 570 g/mol. The van der Waals surface area contributed by atoms with Crippen LogP contribution in [0.25, 0.3) is 11.1 Å². The van der Waals surface area contributed by atoms with Crippen molar-refractivity contribution < 1.29 is 9.90 Å². The molecule has 6 rings (SSSR count). The fourth-order valence-electron chi connectivity index (χ4n) is 5.31. The molecule has 1 fully saturated rings. The summed E-state index contributed by atoms with van der Waals surface area (Å²) in [5.74, 6) is 0.254. The molecular formula is C30H27BrN4O3. The second-order valence-electron chi connectivity index (χ2n) is 10.1. The maximum atomic E-state index is 13.4. The molecule has 1 aliphatic carbocycles. The molecule has 8 heteroatoms. The molecule has 2 N–H and O–H groups in total. The van der Waals surface area contributed by atoms with Gasteiger partial charge in [-0.15, -0.1) is 0 Å². The average Bonchev–Trinajstić information content (AvgIpc) is 3.77. The Labute approximate surface area is 228 Å². The van der Waals surface area contributed by atoms with Crippen LogP contribution >= 0.6 is 15.9 Å². The van der Waals surface area contributed by atoms with Crippen LogP contribution in [0.1, 0.15) is 53.6 Å². The third-order valence-corrected chi connectivity index (χ3v) is 8.10. The van der Waals surface area contributed by atoms with Crippen molar-refractivity contribution in [2.75, 3.05) is 6.54 Å². The van der Waals surface area contributed by atoms with Crippen LogP contribution in [0.4, 0.5) is 0 Å². The first-order valence-electron chi connectivity index (χ1n) is 12.8. The van der Waals surface area contributed by atoms with Crippen molar-refractivity contribution in [1.29, 1.82) is 0 Å². The van der Waals surface area contributed by atoms with Gasteiger partial charge in [-0.2, -0.15) is 0 Å². The van der Waals surface area contributed by atoms with Crippen molar-refractivity contribution in [2.24, 2.45) is 0 Å². The van der Waals surface area contributed by atoms with Gasteiger partial charge in [0.15, 0.2) is 6.10 Å². The third kappa shape index (κ3) is 4.59. The van der Waals surface area contributed by atoms with Crippen molar-refractivity contribution in [2.45, 2.75) is 43.7 Å². The number of rotatable bonds is 5. The topological polar surface area (TPSA) is 99.2 Å². The lowest BCUT2D eigenvalue weighted by atomic mass is 9.93. The first-order chi connectivity index (χ1) is 18.4. The van der Waals surface area contributed by atoms with Crippen molar-refractivity contribution in [3.05, 3.63) is 116 Å². The van der Waals surface area contributed by atoms with Gasteiger partial charge in [-0.3, -0.25) is 14.6 Å². The molecule has 3 heterocycles. The zero-order valence-corrected chi connectivity index (χ0v) is 22.3. The smallest absolute Gasteiger partial charge is 0.256 e. The second-order valence-corrected chi connectivity index (χ2v) is 11.0. The molecule has 0 radical (unpaired) electrons. The minimum atomic E-state index is -1.29. The van der Waals surface area contributed by atoms with Gasteiger partial charge in [0, 0.05) is 29.0 Å². The van der Waals surface area contributed by atoms with Gasteiger partial charge in [0.2, 0.25) is 0 Å². The van der Waals surface area contributed by atoms with E-state index in [-0.39, 0.29) is 17.5 Å². The zero-order valence-electron chi connectivity index (χ0n) is 20.7. The molecule has 38 heavy (non-hydrogen) atoms. The van der Waals surface area contributed by atoms with Crippen molar-refractivity contribution in [3.8, 4) is 11.1 Å². The number of carbonyl (C=O) groups is 1. The molecule has 0 bridgehead atoms. The molecule has 1 unspecified atom stereocenters. The van der Waals surface area contributed by atoms with E-state index >= 15 is 0 Å². The molecular weight excluding hydrogens is 544 g/mol. The first-order valence-corrected chi connectivity index (χ1v) is 13.6. The van der Waals surface area contributed by atoms with E-state index in [0.717, 1.165) is 39.7 Å². The molecule has 4 aromatic rings. The highest BCUT2D eigenvalue weighted by Gasteiger charge is 2.49. The Hall–Kier alpha value is -3.62. The largest absolute Gasteiger partial charge is 0.378 e. The number of aliphatic hydroxyl groups excluding tert-OH is 1. The molecule has 0 saturated heterocycles. The van der Waals surface area contributed by atoms with E-state index in [4.69, 9.17) is 4.98 Å². The van der Waals surface area contributed by atoms with Crippen LogP contribution in [0.2, 0.25) is 0 Å². The minimum Gasteiger partial charge on any atom is -0.378 e. The van der Waals surface area contributed by atoms with Crippen LogP contribution in [0.3, 0.4) is 0 Å². The Kier molecular flexibility index (Phi) is 6.45. The van der Waals surface area contributed by atoms with Crippen molar-refractivity contribution in [3.63, 3.8) is 0 Å². The number of hydrogen-bond donors (Lipinski definition) is 2. The van der Waals surface area contributed by atoms with Gasteiger partial charge < -0.3 is 15.0 Å². The number of aryl methyl sites for hydroxylation is 1. The van der Waals surface area contributed by atoms with E-state index in [1.807, 2.05) is 36.7 Å². The number of pyridine rings is 1. The maximum Gasteiger partial charge on any atom is 0.256 e. The molecule has 192 valence electrons.